The van der Waals surface area contributed by atoms with Crippen molar-refractivity contribution in [1.82, 2.24) is 9.55 Å². The second kappa shape index (κ2) is 7.26. The molecule has 3 atom stereocenters. The monoisotopic (exact) mass is 354 g/mol. The summed E-state index contributed by atoms with van der Waals surface area (Å²) in [6, 6.07) is 6.49. The summed E-state index contributed by atoms with van der Waals surface area (Å²) in [6.07, 6.45) is 8.28. The third kappa shape index (κ3) is 3.55. The van der Waals surface area contributed by atoms with Crippen LogP contribution in [0.5, 0.6) is 0 Å². The molecular weight excluding hydrogens is 324 g/mol. The van der Waals surface area contributed by atoms with Gasteiger partial charge in [0.2, 0.25) is 0 Å². The smallest absolute Gasteiger partial charge is 0.303 e. The molecule has 1 saturated carbocycles. The lowest BCUT2D eigenvalue weighted by Gasteiger charge is -2.30. The molecule has 1 aromatic heterocycles. The van der Waals surface area contributed by atoms with E-state index in [4.69, 9.17) is 10.1 Å². The van der Waals surface area contributed by atoms with Crippen LogP contribution in [0, 0.1) is 19.8 Å². The van der Waals surface area contributed by atoms with Gasteiger partial charge < -0.3 is 9.67 Å². The molecule has 1 N–H and O–H groups in total. The number of rotatable bonds is 6. The maximum absolute atomic E-state index is 10.9. The Kier molecular flexibility index (Phi) is 5.22. The van der Waals surface area contributed by atoms with Crippen LogP contribution in [0.25, 0.3) is 0 Å². The Morgan fingerprint density at radius 2 is 2.19 bits per heavy atom. The Balaban J connectivity index is 1.84. The van der Waals surface area contributed by atoms with Crippen LogP contribution in [-0.4, -0.2) is 20.6 Å². The molecule has 4 heteroatoms. The zero-order valence-corrected chi connectivity index (χ0v) is 16.3. The summed E-state index contributed by atoms with van der Waals surface area (Å²) < 4.78 is 2.36. The van der Waals surface area contributed by atoms with Crippen molar-refractivity contribution >= 4 is 5.97 Å². The van der Waals surface area contributed by atoms with E-state index in [2.05, 4.69) is 56.7 Å². The molecule has 0 saturated heterocycles. The zero-order chi connectivity index (χ0) is 18.9. The molecule has 1 aliphatic rings. The molecule has 3 rings (SSSR count). The van der Waals surface area contributed by atoms with E-state index in [1.54, 1.807) is 0 Å². The van der Waals surface area contributed by atoms with Gasteiger partial charge in [-0.3, -0.25) is 4.79 Å². The van der Waals surface area contributed by atoms with E-state index in [0.717, 1.165) is 31.5 Å². The van der Waals surface area contributed by atoms with Gasteiger partial charge in [-0.2, -0.15) is 0 Å². The largest absolute Gasteiger partial charge is 0.481 e. The van der Waals surface area contributed by atoms with Crippen molar-refractivity contribution in [3.05, 3.63) is 53.1 Å². The summed E-state index contributed by atoms with van der Waals surface area (Å²) in [5, 5.41) is 8.96. The van der Waals surface area contributed by atoms with Crippen LogP contribution in [0.2, 0.25) is 0 Å². The van der Waals surface area contributed by atoms with E-state index in [1.165, 1.54) is 16.7 Å². The molecule has 0 bridgehead atoms. The van der Waals surface area contributed by atoms with E-state index < -0.39 is 5.97 Å². The Hall–Kier alpha value is -2.10. The number of aromatic nitrogens is 2. The van der Waals surface area contributed by atoms with Crippen molar-refractivity contribution in [2.45, 2.75) is 71.3 Å². The van der Waals surface area contributed by atoms with Gasteiger partial charge in [-0.05, 0) is 69.1 Å². The van der Waals surface area contributed by atoms with Gasteiger partial charge in [0.1, 0.15) is 5.82 Å². The van der Waals surface area contributed by atoms with Crippen LogP contribution in [0.15, 0.2) is 30.6 Å². The number of aryl methyl sites for hydroxylation is 1. The van der Waals surface area contributed by atoms with Crippen LogP contribution < -0.4 is 0 Å². The molecule has 0 amide bonds. The first kappa shape index (κ1) is 18.7. The fourth-order valence-electron chi connectivity index (χ4n) is 4.61. The molecule has 1 fully saturated rings. The summed E-state index contributed by atoms with van der Waals surface area (Å²) in [7, 11) is 0. The van der Waals surface area contributed by atoms with Crippen molar-refractivity contribution in [3.8, 4) is 0 Å². The first-order chi connectivity index (χ1) is 12.3. The highest BCUT2D eigenvalue weighted by Crippen LogP contribution is 2.43. The quantitative estimate of drug-likeness (QED) is 0.791. The Labute approximate surface area is 156 Å². The summed E-state index contributed by atoms with van der Waals surface area (Å²) in [5.41, 5.74) is 4.02. The molecule has 1 aliphatic carbocycles. The Morgan fingerprint density at radius 3 is 2.92 bits per heavy atom. The molecule has 0 spiro atoms. The number of hydrogen-bond acceptors (Lipinski definition) is 2. The van der Waals surface area contributed by atoms with Gasteiger partial charge in [-0.15, -0.1) is 0 Å². The standard InChI is InChI=1S/C22H30N2O2/c1-15-6-5-7-19(16(15)2)17(3)21-23-12-13-24(21)22(4)11-10-18(14-22)8-9-20(25)26/h5-7,12-13,17-18H,8-11,14H2,1-4H3,(H,25,26). The van der Waals surface area contributed by atoms with Gasteiger partial charge in [0, 0.05) is 30.3 Å². The average Bonchev–Trinajstić information content (AvgIpc) is 3.23. The van der Waals surface area contributed by atoms with Gasteiger partial charge in [-0.25, -0.2) is 4.98 Å². The lowest BCUT2D eigenvalue weighted by Crippen LogP contribution is -2.29. The molecule has 1 aromatic carbocycles. The zero-order valence-electron chi connectivity index (χ0n) is 16.3. The first-order valence-corrected chi connectivity index (χ1v) is 9.63. The highest BCUT2D eigenvalue weighted by atomic mass is 16.4. The summed E-state index contributed by atoms with van der Waals surface area (Å²) in [6.45, 7) is 8.88. The Morgan fingerprint density at radius 1 is 1.42 bits per heavy atom. The maximum atomic E-state index is 10.9. The predicted molar refractivity (Wildman–Crippen MR) is 104 cm³/mol. The third-order valence-electron chi connectivity index (χ3n) is 6.34. The lowest BCUT2D eigenvalue weighted by molar-refractivity contribution is -0.137. The molecule has 3 unspecified atom stereocenters. The van der Waals surface area contributed by atoms with E-state index in [9.17, 15) is 4.79 Å². The van der Waals surface area contributed by atoms with E-state index >= 15 is 0 Å². The van der Waals surface area contributed by atoms with E-state index in [0.29, 0.717) is 5.92 Å². The highest BCUT2D eigenvalue weighted by Gasteiger charge is 2.38. The number of imidazole rings is 1. The molecule has 0 radical (unpaired) electrons. The molecule has 2 aromatic rings. The SMILES string of the molecule is Cc1cccc(C(C)c2nccn2C2(C)CCC(CCC(=O)O)C2)c1C. The molecular formula is C22H30N2O2. The summed E-state index contributed by atoms with van der Waals surface area (Å²) in [4.78, 5) is 15.6. The minimum Gasteiger partial charge on any atom is -0.481 e. The van der Waals surface area contributed by atoms with Gasteiger partial charge >= 0.3 is 5.97 Å². The lowest BCUT2D eigenvalue weighted by atomic mass is 9.91. The van der Waals surface area contributed by atoms with Crippen molar-refractivity contribution in [3.63, 3.8) is 0 Å². The topological polar surface area (TPSA) is 55.1 Å². The highest BCUT2D eigenvalue weighted by molar-refractivity contribution is 5.66. The van der Waals surface area contributed by atoms with Crippen LogP contribution in [0.4, 0.5) is 0 Å². The van der Waals surface area contributed by atoms with Gasteiger partial charge in [-0.1, -0.05) is 25.1 Å². The van der Waals surface area contributed by atoms with Gasteiger partial charge in [0.25, 0.3) is 0 Å². The van der Waals surface area contributed by atoms with E-state index in [1.807, 2.05) is 6.20 Å². The predicted octanol–water partition coefficient (Wildman–Crippen LogP) is 5.03. The number of carboxylic acid groups (broad SMARTS) is 1. The molecule has 1 heterocycles. The molecule has 140 valence electrons. The fraction of sp³-hybridized carbons (Fsp3) is 0.545. The Bertz CT molecular complexity index is 795. The number of aliphatic carboxylic acids is 1. The summed E-state index contributed by atoms with van der Waals surface area (Å²) >= 11 is 0. The minimum absolute atomic E-state index is 0.0288. The van der Waals surface area contributed by atoms with Crippen LogP contribution in [0.3, 0.4) is 0 Å². The van der Waals surface area contributed by atoms with Gasteiger partial charge in [0.05, 0.1) is 0 Å². The van der Waals surface area contributed by atoms with Crippen molar-refractivity contribution < 1.29 is 9.90 Å². The van der Waals surface area contributed by atoms with Crippen molar-refractivity contribution in [1.29, 1.82) is 0 Å². The normalized spacial score (nSPS) is 23.9. The third-order valence-corrected chi connectivity index (χ3v) is 6.34. The van der Waals surface area contributed by atoms with Crippen LogP contribution in [0.1, 0.15) is 74.4 Å². The number of benzene rings is 1. The number of carboxylic acids is 1. The average molecular weight is 354 g/mol. The second-order valence-corrected chi connectivity index (χ2v) is 8.20. The van der Waals surface area contributed by atoms with Crippen molar-refractivity contribution in [2.24, 2.45) is 5.92 Å². The molecule has 4 nitrogen and oxygen atoms in total. The number of nitrogens with zero attached hydrogens (tertiary/aromatic N) is 2. The van der Waals surface area contributed by atoms with Crippen LogP contribution in [-0.2, 0) is 10.3 Å². The first-order valence-electron chi connectivity index (χ1n) is 9.63. The maximum Gasteiger partial charge on any atom is 0.303 e. The second-order valence-electron chi connectivity index (χ2n) is 8.20. The number of carbonyl (C=O) groups is 1. The van der Waals surface area contributed by atoms with Crippen LogP contribution >= 0.6 is 0 Å². The fourth-order valence-corrected chi connectivity index (χ4v) is 4.61. The molecule has 26 heavy (non-hydrogen) atoms. The van der Waals surface area contributed by atoms with Crippen molar-refractivity contribution in [2.75, 3.05) is 0 Å². The number of hydrogen-bond donors (Lipinski definition) is 1. The van der Waals surface area contributed by atoms with Gasteiger partial charge in [0.15, 0.2) is 0 Å². The molecule has 0 aliphatic heterocycles. The minimum atomic E-state index is -0.689. The van der Waals surface area contributed by atoms with E-state index in [-0.39, 0.29) is 17.9 Å². The summed E-state index contributed by atoms with van der Waals surface area (Å²) in [5.74, 6) is 1.15.